The van der Waals surface area contributed by atoms with Crippen molar-refractivity contribution in [2.75, 3.05) is 27.9 Å². The first-order valence-electron chi connectivity index (χ1n) is 16.2. The summed E-state index contributed by atoms with van der Waals surface area (Å²) in [4.78, 5) is 44.9. The zero-order chi connectivity index (χ0) is 38.0. The van der Waals surface area contributed by atoms with Crippen LogP contribution in [0.25, 0.3) is 17.5 Å². The average molecular weight is 777 g/mol. The van der Waals surface area contributed by atoms with E-state index in [4.69, 9.17) is 30.5 Å². The van der Waals surface area contributed by atoms with Crippen LogP contribution in [0, 0.1) is 10.1 Å². The summed E-state index contributed by atoms with van der Waals surface area (Å²) in [6.07, 6.45) is 1.58. The predicted octanol–water partition coefficient (Wildman–Crippen LogP) is 5.82. The Labute approximate surface area is 316 Å². The minimum absolute atomic E-state index is 0.0988. The van der Waals surface area contributed by atoms with E-state index in [0.29, 0.717) is 66.3 Å². The number of rotatable bonds is 12. The number of nitro benzene ring substituents is 1. The highest BCUT2D eigenvalue weighted by Crippen LogP contribution is 2.42. The van der Waals surface area contributed by atoms with Crippen LogP contribution in [0.4, 0.5) is 5.69 Å². The monoisotopic (exact) mass is 776 g/mol. The van der Waals surface area contributed by atoms with Gasteiger partial charge in [0.2, 0.25) is 5.75 Å². The number of hydrogen-bond donors (Lipinski definition) is 0. The molecule has 0 saturated carbocycles. The van der Waals surface area contributed by atoms with Crippen LogP contribution in [0.1, 0.15) is 37.9 Å². The summed E-state index contributed by atoms with van der Waals surface area (Å²) in [6, 6.07) is 14.0. The molecule has 274 valence electrons. The number of nitro groups is 1. The molecule has 0 saturated heterocycles. The maximum absolute atomic E-state index is 14.5. The zero-order valence-corrected chi connectivity index (χ0v) is 31.8. The molecule has 1 atom stereocenters. The van der Waals surface area contributed by atoms with Gasteiger partial charge in [-0.2, -0.15) is 0 Å². The average Bonchev–Trinajstić information content (AvgIpc) is 3.69. The van der Waals surface area contributed by atoms with Crippen LogP contribution in [0.15, 0.2) is 85.7 Å². The smallest absolute Gasteiger partial charge is 0.338 e. The summed E-state index contributed by atoms with van der Waals surface area (Å²) in [5.41, 5.74) is 1.52. The first-order valence-corrected chi connectivity index (χ1v) is 18.2. The van der Waals surface area contributed by atoms with E-state index >= 15 is 0 Å². The molecule has 3 heterocycles. The summed E-state index contributed by atoms with van der Waals surface area (Å²) < 4.78 is 25.7. The van der Waals surface area contributed by atoms with E-state index in [2.05, 4.69) is 15.2 Å². The molecule has 53 heavy (non-hydrogen) atoms. The van der Waals surface area contributed by atoms with Gasteiger partial charge in [-0.05, 0) is 80.1 Å². The molecule has 2 aromatic heterocycles. The van der Waals surface area contributed by atoms with E-state index in [-0.39, 0.29) is 22.4 Å². The molecule has 0 N–H and O–H groups in total. The summed E-state index contributed by atoms with van der Waals surface area (Å²) >= 11 is 8.58. The van der Waals surface area contributed by atoms with Crippen LogP contribution in [0.3, 0.4) is 0 Å². The van der Waals surface area contributed by atoms with E-state index in [9.17, 15) is 19.7 Å². The van der Waals surface area contributed by atoms with Gasteiger partial charge < -0.3 is 23.5 Å². The van der Waals surface area contributed by atoms with Gasteiger partial charge in [-0.25, -0.2) is 9.79 Å². The van der Waals surface area contributed by atoms with Crippen molar-refractivity contribution in [1.29, 1.82) is 0 Å². The van der Waals surface area contributed by atoms with Gasteiger partial charge in [0.15, 0.2) is 27.3 Å². The Morgan fingerprint density at radius 1 is 1.06 bits per heavy atom. The molecule has 1 aliphatic rings. The molecule has 3 aromatic carbocycles. The standard InChI is InChI=1S/C36H33ClN6O8S2/c1-7-41-32(20-10-9-11-23(37)14-20)39-40-36(41)52-27-13-12-24(43(46)47)15-21(27)18-28-33(44)42-30(22-16-25(48-4)31(50-6)26(17-22)49-5)29(34(45)51-8-2)19(3)38-35(42)53-28/h9-18,30H,7-8H2,1-6H3/b28-18+/t30-/m0/s1. The quantitative estimate of drug-likeness (QED) is 0.0854. The molecule has 6 rings (SSSR count). The molecule has 0 unspecified atom stereocenters. The maximum Gasteiger partial charge on any atom is 0.338 e. The molecule has 5 aromatic rings. The number of halogens is 1. The fourth-order valence-corrected chi connectivity index (χ4v) is 8.15. The molecule has 14 nitrogen and oxygen atoms in total. The molecule has 1 aliphatic heterocycles. The van der Waals surface area contributed by atoms with Crippen LogP contribution in [0.2, 0.25) is 5.02 Å². The van der Waals surface area contributed by atoms with Crippen molar-refractivity contribution < 1.29 is 28.7 Å². The number of esters is 1. The highest BCUT2D eigenvalue weighted by atomic mass is 35.5. The first-order chi connectivity index (χ1) is 25.5. The number of methoxy groups -OCH3 is 3. The van der Waals surface area contributed by atoms with Gasteiger partial charge in [-0.1, -0.05) is 35.1 Å². The highest BCUT2D eigenvalue weighted by molar-refractivity contribution is 7.99. The number of allylic oxidation sites excluding steroid dienone is 1. The largest absolute Gasteiger partial charge is 0.493 e. The van der Waals surface area contributed by atoms with Crippen molar-refractivity contribution in [2.24, 2.45) is 4.99 Å². The number of aromatic nitrogens is 4. The van der Waals surface area contributed by atoms with E-state index in [1.165, 1.54) is 49.8 Å². The Morgan fingerprint density at radius 3 is 2.42 bits per heavy atom. The number of carbonyl (C=O) groups excluding carboxylic acids is 1. The second-order valence-electron chi connectivity index (χ2n) is 11.4. The first kappa shape index (κ1) is 37.3. The van der Waals surface area contributed by atoms with Gasteiger partial charge in [0.1, 0.15) is 0 Å². The SMILES string of the molecule is CCOC(=O)C1=C(C)N=c2s/c(=C/c3cc([N+](=O)[O-])ccc3Sc3nnc(-c4cccc(Cl)c4)n3CC)c(=O)n2[C@H]1c1cc(OC)c(OC)c(OC)c1. The van der Waals surface area contributed by atoms with Crippen molar-refractivity contribution in [3.8, 4) is 28.6 Å². The number of nitrogens with zero attached hydrogens (tertiary/aromatic N) is 6. The molecule has 0 spiro atoms. The summed E-state index contributed by atoms with van der Waals surface area (Å²) in [7, 11) is 4.41. The lowest BCUT2D eigenvalue weighted by molar-refractivity contribution is -0.384. The lowest BCUT2D eigenvalue weighted by atomic mass is 9.95. The van der Waals surface area contributed by atoms with Crippen molar-refractivity contribution in [3.05, 3.63) is 112 Å². The molecule has 0 bridgehead atoms. The topological polar surface area (TPSA) is 162 Å². The second kappa shape index (κ2) is 15.7. The normalized spacial score (nSPS) is 14.1. The Bertz CT molecular complexity index is 2450. The minimum Gasteiger partial charge on any atom is -0.493 e. The molecule has 0 aliphatic carbocycles. The Balaban J connectivity index is 1.53. The van der Waals surface area contributed by atoms with Crippen molar-refractivity contribution in [3.63, 3.8) is 0 Å². The number of benzene rings is 3. The molecule has 0 amide bonds. The second-order valence-corrected chi connectivity index (χ2v) is 13.9. The van der Waals surface area contributed by atoms with Gasteiger partial charge >= 0.3 is 5.97 Å². The summed E-state index contributed by atoms with van der Waals surface area (Å²) in [5.74, 6) is 0.932. The lowest BCUT2D eigenvalue weighted by Crippen LogP contribution is -2.40. The van der Waals surface area contributed by atoms with Crippen LogP contribution < -0.4 is 29.1 Å². The van der Waals surface area contributed by atoms with E-state index < -0.39 is 22.5 Å². The highest BCUT2D eigenvalue weighted by Gasteiger charge is 2.35. The van der Waals surface area contributed by atoms with Crippen molar-refractivity contribution in [2.45, 2.75) is 43.4 Å². The summed E-state index contributed by atoms with van der Waals surface area (Å²) in [6.45, 7) is 5.94. The Morgan fingerprint density at radius 2 is 1.79 bits per heavy atom. The Kier molecular flexibility index (Phi) is 11.0. The molecule has 0 fully saturated rings. The molecule has 17 heteroatoms. The zero-order valence-electron chi connectivity index (χ0n) is 29.4. The maximum atomic E-state index is 14.5. The van der Waals surface area contributed by atoms with Crippen LogP contribution in [-0.2, 0) is 16.1 Å². The third-order valence-electron chi connectivity index (χ3n) is 8.33. The minimum atomic E-state index is -0.992. The number of fused-ring (bicyclic) bond motifs is 1. The molecular weight excluding hydrogens is 744 g/mol. The number of non-ortho nitro benzene ring substituents is 1. The fourth-order valence-electron chi connectivity index (χ4n) is 5.95. The van der Waals surface area contributed by atoms with Gasteiger partial charge in [0.05, 0.1) is 54.7 Å². The van der Waals surface area contributed by atoms with Crippen LogP contribution in [-0.4, -0.2) is 58.2 Å². The number of hydrogen-bond acceptors (Lipinski definition) is 13. The fraction of sp³-hybridized carbons (Fsp3) is 0.250. The van der Waals surface area contributed by atoms with Crippen molar-refractivity contribution >= 4 is 52.4 Å². The van der Waals surface area contributed by atoms with Crippen molar-refractivity contribution in [1.82, 2.24) is 19.3 Å². The summed E-state index contributed by atoms with van der Waals surface area (Å²) in [5, 5.41) is 21.8. The number of thiazole rings is 1. The van der Waals surface area contributed by atoms with Gasteiger partial charge in [-0.15, -0.1) is 10.2 Å². The number of carbonyl (C=O) groups is 1. The van der Waals surface area contributed by atoms with Crippen LogP contribution in [0.5, 0.6) is 17.2 Å². The third-order valence-corrected chi connectivity index (χ3v) is 10.6. The van der Waals surface area contributed by atoms with Gasteiger partial charge in [0, 0.05) is 34.2 Å². The van der Waals surface area contributed by atoms with E-state index in [0.717, 1.165) is 16.9 Å². The third kappa shape index (κ3) is 7.17. The van der Waals surface area contributed by atoms with Gasteiger partial charge in [-0.3, -0.25) is 19.5 Å². The molecule has 0 radical (unpaired) electrons. The Hall–Kier alpha value is -5.45. The van der Waals surface area contributed by atoms with Crippen LogP contribution >= 0.6 is 34.7 Å². The lowest BCUT2D eigenvalue weighted by Gasteiger charge is -2.26. The number of ether oxygens (including phenoxy) is 4. The predicted molar refractivity (Wildman–Crippen MR) is 200 cm³/mol. The van der Waals surface area contributed by atoms with E-state index in [1.54, 1.807) is 50.3 Å². The van der Waals surface area contributed by atoms with Gasteiger partial charge in [0.25, 0.3) is 11.2 Å². The molecular formula is C36H33ClN6O8S2. The van der Waals surface area contributed by atoms with E-state index in [1.807, 2.05) is 23.6 Å².